The summed E-state index contributed by atoms with van der Waals surface area (Å²) in [6.45, 7) is 0. The highest BCUT2D eigenvalue weighted by Crippen LogP contribution is 2.35. The number of hydrogen-bond donors (Lipinski definition) is 0. The van der Waals surface area contributed by atoms with E-state index in [2.05, 4.69) is 4.98 Å². The van der Waals surface area contributed by atoms with Crippen molar-refractivity contribution in [2.75, 3.05) is 4.90 Å². The van der Waals surface area contributed by atoms with Gasteiger partial charge in [0.2, 0.25) is 5.78 Å². The molecular weight excluding hydrogens is 416 g/mol. The minimum atomic E-state index is -0.579. The first-order valence-corrected chi connectivity index (χ1v) is 10.3. The summed E-state index contributed by atoms with van der Waals surface area (Å²) >= 11 is 0. The minimum Gasteiger partial charge on any atom is -0.452 e. The highest BCUT2D eigenvalue weighted by atomic mass is 16.6. The third kappa shape index (κ3) is 4.22. The summed E-state index contributed by atoms with van der Waals surface area (Å²) in [5, 5.41) is 0. The molecule has 160 valence electrons. The quantitative estimate of drug-likeness (QED) is 0.367. The molecule has 0 saturated carbocycles. The number of hydrogen-bond acceptors (Lipinski definition) is 5. The zero-order valence-corrected chi connectivity index (χ0v) is 17.4. The van der Waals surface area contributed by atoms with Crippen LogP contribution in [0.1, 0.15) is 15.9 Å². The van der Waals surface area contributed by atoms with E-state index in [4.69, 9.17) is 9.47 Å². The molecule has 1 aliphatic heterocycles. The fourth-order valence-corrected chi connectivity index (χ4v) is 3.50. The molecule has 0 saturated heterocycles. The fraction of sp³-hybridized carbons (Fsp3) is 0. The van der Waals surface area contributed by atoms with Crippen molar-refractivity contribution in [3.63, 3.8) is 0 Å². The number of carbonyl (C=O) groups is 2. The Balaban J connectivity index is 1.40. The van der Waals surface area contributed by atoms with Gasteiger partial charge in [0, 0.05) is 18.5 Å². The summed E-state index contributed by atoms with van der Waals surface area (Å²) in [6, 6.07) is 26.8. The normalized spacial score (nSPS) is 13.3. The van der Waals surface area contributed by atoms with Gasteiger partial charge in [-0.15, -0.1) is 0 Å². The zero-order chi connectivity index (χ0) is 22.6. The second-order valence-corrected chi connectivity index (χ2v) is 7.25. The number of amides is 1. The van der Waals surface area contributed by atoms with Gasteiger partial charge >= 0.3 is 6.09 Å². The first-order chi connectivity index (χ1) is 16.2. The van der Waals surface area contributed by atoms with E-state index >= 15 is 0 Å². The Morgan fingerprint density at radius 3 is 2.12 bits per heavy atom. The van der Waals surface area contributed by atoms with Crippen LogP contribution >= 0.6 is 0 Å². The predicted octanol–water partition coefficient (Wildman–Crippen LogP) is 6.03. The number of rotatable bonds is 4. The van der Waals surface area contributed by atoms with Crippen LogP contribution in [0.2, 0.25) is 0 Å². The number of para-hydroxylation sites is 2. The van der Waals surface area contributed by atoms with E-state index < -0.39 is 6.09 Å². The molecule has 1 amide bonds. The number of carbonyl (C=O) groups excluding carboxylic acids is 2. The summed E-state index contributed by atoms with van der Waals surface area (Å²) in [5.74, 6) is 0.593. The van der Waals surface area contributed by atoms with Gasteiger partial charge in [0.15, 0.2) is 5.76 Å². The average molecular weight is 434 g/mol. The van der Waals surface area contributed by atoms with Crippen LogP contribution in [0.3, 0.4) is 0 Å². The smallest absolute Gasteiger partial charge is 0.424 e. The topological polar surface area (TPSA) is 68.7 Å². The number of pyridine rings is 1. The molecule has 0 unspecified atom stereocenters. The summed E-state index contributed by atoms with van der Waals surface area (Å²) in [6.07, 6.45) is 4.36. The molecule has 0 radical (unpaired) electrons. The molecule has 5 rings (SSSR count). The van der Waals surface area contributed by atoms with Crippen LogP contribution in [0.15, 0.2) is 109 Å². The van der Waals surface area contributed by atoms with Crippen molar-refractivity contribution in [1.82, 2.24) is 4.98 Å². The standard InChI is InChI=1S/C27H18N2O4/c30-26-23-12-11-22(18-24(23)33-25(26)17-19-13-15-28-16-14-19)32-27(31)29(20-7-3-1-4-8-20)21-9-5-2-6-10-21/h1-18H/b25-17-. The Bertz CT molecular complexity index is 1300. The van der Waals surface area contributed by atoms with Crippen molar-refractivity contribution in [3.8, 4) is 11.5 Å². The van der Waals surface area contributed by atoms with E-state index in [1.54, 1.807) is 48.8 Å². The fourth-order valence-electron chi connectivity index (χ4n) is 3.50. The van der Waals surface area contributed by atoms with Crippen LogP contribution in [-0.4, -0.2) is 16.9 Å². The summed E-state index contributed by atoms with van der Waals surface area (Å²) in [7, 11) is 0. The number of ketones is 1. The molecule has 0 bridgehead atoms. The Morgan fingerprint density at radius 2 is 1.48 bits per heavy atom. The van der Waals surface area contributed by atoms with Crippen molar-refractivity contribution in [2.45, 2.75) is 0 Å². The predicted molar refractivity (Wildman–Crippen MR) is 125 cm³/mol. The van der Waals surface area contributed by atoms with Crippen molar-refractivity contribution in [1.29, 1.82) is 0 Å². The van der Waals surface area contributed by atoms with Gasteiger partial charge in [-0.25, -0.2) is 9.69 Å². The van der Waals surface area contributed by atoms with Crippen molar-refractivity contribution in [2.24, 2.45) is 0 Å². The van der Waals surface area contributed by atoms with E-state index in [1.165, 1.54) is 4.90 Å². The maximum absolute atomic E-state index is 13.2. The lowest BCUT2D eigenvalue weighted by molar-refractivity contribution is 0.101. The number of fused-ring (bicyclic) bond motifs is 1. The molecule has 0 fully saturated rings. The lowest BCUT2D eigenvalue weighted by Gasteiger charge is -2.22. The molecule has 6 heteroatoms. The molecule has 33 heavy (non-hydrogen) atoms. The maximum atomic E-state index is 13.2. The third-order valence-electron chi connectivity index (χ3n) is 5.06. The number of ether oxygens (including phenoxy) is 2. The summed E-state index contributed by atoms with van der Waals surface area (Å²) in [4.78, 5) is 31.3. The highest BCUT2D eigenvalue weighted by Gasteiger charge is 2.28. The van der Waals surface area contributed by atoms with Gasteiger partial charge in [-0.1, -0.05) is 36.4 Å². The molecular formula is C27H18N2O4. The van der Waals surface area contributed by atoms with Gasteiger partial charge in [0.05, 0.1) is 16.9 Å². The molecule has 0 N–H and O–H groups in total. The van der Waals surface area contributed by atoms with Crippen LogP contribution in [0.4, 0.5) is 16.2 Å². The van der Waals surface area contributed by atoms with Crippen LogP contribution in [0.5, 0.6) is 11.5 Å². The molecule has 1 aliphatic rings. The molecule has 1 aromatic heterocycles. The van der Waals surface area contributed by atoms with Crippen molar-refractivity contribution >= 4 is 29.3 Å². The van der Waals surface area contributed by atoms with Gasteiger partial charge in [-0.3, -0.25) is 9.78 Å². The van der Waals surface area contributed by atoms with Crippen LogP contribution < -0.4 is 14.4 Å². The first-order valence-electron chi connectivity index (χ1n) is 10.3. The van der Waals surface area contributed by atoms with Gasteiger partial charge in [-0.05, 0) is 60.2 Å². The van der Waals surface area contributed by atoms with Crippen molar-refractivity contribution in [3.05, 3.63) is 120 Å². The Morgan fingerprint density at radius 1 is 0.848 bits per heavy atom. The maximum Gasteiger partial charge on any atom is 0.424 e. The van der Waals surface area contributed by atoms with Crippen LogP contribution in [0.25, 0.3) is 6.08 Å². The summed E-state index contributed by atoms with van der Waals surface area (Å²) in [5.41, 5.74) is 2.56. The minimum absolute atomic E-state index is 0.204. The Hall–Kier alpha value is -4.71. The number of aromatic nitrogens is 1. The lowest BCUT2D eigenvalue weighted by atomic mass is 10.1. The van der Waals surface area contributed by atoms with Gasteiger partial charge in [0.25, 0.3) is 0 Å². The lowest BCUT2D eigenvalue weighted by Crippen LogP contribution is -2.29. The number of anilines is 2. The van der Waals surface area contributed by atoms with Gasteiger partial charge in [0.1, 0.15) is 11.5 Å². The summed E-state index contributed by atoms with van der Waals surface area (Å²) < 4.78 is 11.4. The van der Waals surface area contributed by atoms with E-state index in [9.17, 15) is 9.59 Å². The Labute approximate surface area is 190 Å². The molecule has 3 aromatic carbocycles. The zero-order valence-electron chi connectivity index (χ0n) is 17.4. The number of Topliss-reactive ketones (excluding diaryl/α,β-unsaturated/α-hetero) is 1. The SMILES string of the molecule is O=C1/C(=C/c2ccncc2)Oc2cc(OC(=O)N(c3ccccc3)c3ccccc3)ccc21. The monoisotopic (exact) mass is 434 g/mol. The van der Waals surface area contributed by atoms with E-state index in [1.807, 2.05) is 60.7 Å². The average Bonchev–Trinajstić information content (AvgIpc) is 3.15. The van der Waals surface area contributed by atoms with E-state index in [-0.39, 0.29) is 17.3 Å². The number of allylic oxidation sites excluding steroid dienone is 1. The van der Waals surface area contributed by atoms with E-state index in [0.717, 1.165) is 5.56 Å². The van der Waals surface area contributed by atoms with Crippen molar-refractivity contribution < 1.29 is 19.1 Å². The second-order valence-electron chi connectivity index (χ2n) is 7.25. The van der Waals surface area contributed by atoms with E-state index in [0.29, 0.717) is 22.7 Å². The largest absolute Gasteiger partial charge is 0.452 e. The number of nitrogens with zero attached hydrogens (tertiary/aromatic N) is 2. The molecule has 0 aliphatic carbocycles. The van der Waals surface area contributed by atoms with Crippen LogP contribution in [0, 0.1) is 0 Å². The van der Waals surface area contributed by atoms with Crippen LogP contribution in [-0.2, 0) is 0 Å². The first kappa shape index (κ1) is 20.2. The molecule has 4 aromatic rings. The van der Waals surface area contributed by atoms with Gasteiger partial charge in [-0.2, -0.15) is 0 Å². The third-order valence-corrected chi connectivity index (χ3v) is 5.06. The molecule has 0 spiro atoms. The van der Waals surface area contributed by atoms with Gasteiger partial charge < -0.3 is 9.47 Å². The second kappa shape index (κ2) is 8.80. The highest BCUT2D eigenvalue weighted by molar-refractivity contribution is 6.14. The number of benzene rings is 3. The molecule has 6 nitrogen and oxygen atoms in total. The Kier molecular flexibility index (Phi) is 5.39. The molecule has 2 heterocycles. The molecule has 0 atom stereocenters.